The summed E-state index contributed by atoms with van der Waals surface area (Å²) in [6, 6.07) is 4.80. The molecule has 0 amide bonds. The highest BCUT2D eigenvalue weighted by Crippen LogP contribution is 2.38. The van der Waals surface area contributed by atoms with E-state index in [0.717, 1.165) is 12.0 Å². The fourth-order valence-electron chi connectivity index (χ4n) is 3.93. The third-order valence-corrected chi connectivity index (χ3v) is 5.63. The number of halogens is 1. The maximum atomic E-state index is 14.8. The molecule has 1 saturated heterocycles. The van der Waals surface area contributed by atoms with Crippen LogP contribution in [0.4, 0.5) is 4.39 Å². The molecule has 6 heteroatoms. The van der Waals surface area contributed by atoms with Crippen molar-refractivity contribution in [3.8, 4) is 0 Å². The molecule has 5 nitrogen and oxygen atoms in total. The predicted octanol–water partition coefficient (Wildman–Crippen LogP) is 3.79. The van der Waals surface area contributed by atoms with Crippen LogP contribution in [0.5, 0.6) is 0 Å². The standard InChI is InChI=1S/C24H30FNO4/c1-4-16(5-2)10-9-15(3)12-26-13-18(22-19(25)7-6-8-20(22)26)24-23(29)21(28)11-17(14-27)30-24/h4,6-10,13,17,21,23-24,27-29H,3,5,11-12,14H2,1-2H3/b10-9-,16-4-/t17-,21-,23?,24-/m0/s1. The highest BCUT2D eigenvalue weighted by atomic mass is 19.1. The van der Waals surface area contributed by atoms with Crippen molar-refractivity contribution in [3.05, 3.63) is 71.7 Å². The number of ether oxygens (including phenoxy) is 1. The van der Waals surface area contributed by atoms with Crippen LogP contribution in [0, 0.1) is 5.82 Å². The Morgan fingerprint density at radius 1 is 1.33 bits per heavy atom. The number of hydrogen-bond acceptors (Lipinski definition) is 4. The number of aromatic nitrogens is 1. The molecule has 4 atom stereocenters. The van der Waals surface area contributed by atoms with E-state index in [4.69, 9.17) is 4.74 Å². The number of rotatable bonds is 7. The minimum absolute atomic E-state index is 0.127. The summed E-state index contributed by atoms with van der Waals surface area (Å²) in [7, 11) is 0. The lowest BCUT2D eigenvalue weighted by atomic mass is 9.93. The molecule has 0 bridgehead atoms. The van der Waals surface area contributed by atoms with Crippen LogP contribution in [0.25, 0.3) is 10.9 Å². The van der Waals surface area contributed by atoms with Crippen molar-refractivity contribution in [1.82, 2.24) is 4.57 Å². The normalized spacial score (nSPS) is 25.3. The first-order valence-electron chi connectivity index (χ1n) is 10.3. The Morgan fingerprint density at radius 3 is 2.77 bits per heavy atom. The van der Waals surface area contributed by atoms with Crippen LogP contribution in [0.3, 0.4) is 0 Å². The zero-order valence-corrected chi connectivity index (χ0v) is 17.5. The number of aliphatic hydroxyl groups excluding tert-OH is 3. The molecule has 1 fully saturated rings. The largest absolute Gasteiger partial charge is 0.394 e. The Bertz CT molecular complexity index is 962. The summed E-state index contributed by atoms with van der Waals surface area (Å²) in [5, 5.41) is 30.5. The summed E-state index contributed by atoms with van der Waals surface area (Å²) in [6.07, 6.45) is 4.97. The van der Waals surface area contributed by atoms with Gasteiger partial charge in [-0.1, -0.05) is 43.4 Å². The second-order valence-electron chi connectivity index (χ2n) is 7.71. The Morgan fingerprint density at radius 2 is 2.10 bits per heavy atom. The third kappa shape index (κ3) is 4.57. The van der Waals surface area contributed by atoms with Gasteiger partial charge in [-0.25, -0.2) is 4.39 Å². The van der Waals surface area contributed by atoms with Gasteiger partial charge in [-0.15, -0.1) is 0 Å². The highest BCUT2D eigenvalue weighted by molar-refractivity contribution is 5.85. The van der Waals surface area contributed by atoms with E-state index in [-0.39, 0.29) is 13.0 Å². The van der Waals surface area contributed by atoms with Crippen molar-refractivity contribution in [2.24, 2.45) is 0 Å². The maximum Gasteiger partial charge on any atom is 0.132 e. The van der Waals surface area contributed by atoms with E-state index >= 15 is 0 Å². The van der Waals surface area contributed by atoms with E-state index in [1.165, 1.54) is 11.6 Å². The number of aliphatic hydroxyl groups is 3. The topological polar surface area (TPSA) is 74.9 Å². The Kier molecular flexibility index (Phi) is 7.26. The summed E-state index contributed by atoms with van der Waals surface area (Å²) in [5.41, 5.74) is 3.14. The van der Waals surface area contributed by atoms with Gasteiger partial charge in [-0.3, -0.25) is 0 Å². The van der Waals surface area contributed by atoms with Crippen LogP contribution < -0.4 is 0 Å². The van der Waals surface area contributed by atoms with Gasteiger partial charge in [0.05, 0.1) is 24.3 Å². The monoisotopic (exact) mass is 415 g/mol. The number of fused-ring (bicyclic) bond motifs is 1. The van der Waals surface area contributed by atoms with Gasteiger partial charge in [-0.2, -0.15) is 0 Å². The van der Waals surface area contributed by atoms with Gasteiger partial charge in [0, 0.05) is 30.1 Å². The second kappa shape index (κ2) is 9.71. The van der Waals surface area contributed by atoms with E-state index < -0.39 is 30.2 Å². The molecule has 2 aromatic rings. The molecule has 1 aromatic heterocycles. The van der Waals surface area contributed by atoms with E-state index in [9.17, 15) is 19.7 Å². The molecule has 30 heavy (non-hydrogen) atoms. The Balaban J connectivity index is 1.98. The van der Waals surface area contributed by atoms with E-state index in [2.05, 4.69) is 13.5 Å². The lowest BCUT2D eigenvalue weighted by Crippen LogP contribution is -2.44. The van der Waals surface area contributed by atoms with Crippen molar-refractivity contribution < 1.29 is 24.4 Å². The van der Waals surface area contributed by atoms with E-state index in [1.807, 2.05) is 29.7 Å². The average molecular weight is 416 g/mol. The smallest absolute Gasteiger partial charge is 0.132 e. The molecule has 3 rings (SSSR count). The Hall–Kier alpha value is -2.25. The first-order valence-corrected chi connectivity index (χ1v) is 10.3. The van der Waals surface area contributed by atoms with Crippen LogP contribution in [0.1, 0.15) is 38.4 Å². The molecule has 1 aliphatic heterocycles. The molecule has 1 aliphatic rings. The van der Waals surface area contributed by atoms with Crippen LogP contribution in [-0.4, -0.2) is 44.8 Å². The molecule has 0 aliphatic carbocycles. The van der Waals surface area contributed by atoms with Crippen LogP contribution >= 0.6 is 0 Å². The molecule has 1 unspecified atom stereocenters. The maximum absolute atomic E-state index is 14.8. The van der Waals surface area contributed by atoms with E-state index in [1.54, 1.807) is 18.3 Å². The molecule has 0 spiro atoms. The highest BCUT2D eigenvalue weighted by Gasteiger charge is 2.39. The molecular weight excluding hydrogens is 385 g/mol. The van der Waals surface area contributed by atoms with Crippen LogP contribution in [0.2, 0.25) is 0 Å². The lowest BCUT2D eigenvalue weighted by Gasteiger charge is -2.36. The van der Waals surface area contributed by atoms with Gasteiger partial charge in [0.1, 0.15) is 18.0 Å². The fraction of sp³-hybridized carbons (Fsp3) is 0.417. The van der Waals surface area contributed by atoms with Crippen molar-refractivity contribution in [1.29, 1.82) is 0 Å². The third-order valence-electron chi connectivity index (χ3n) is 5.63. The van der Waals surface area contributed by atoms with Gasteiger partial charge in [0.15, 0.2) is 0 Å². The van der Waals surface area contributed by atoms with Gasteiger partial charge < -0.3 is 24.6 Å². The summed E-state index contributed by atoms with van der Waals surface area (Å²) < 4.78 is 22.5. The number of allylic oxidation sites excluding steroid dienone is 5. The van der Waals surface area contributed by atoms with Gasteiger partial charge in [0.2, 0.25) is 0 Å². The predicted molar refractivity (Wildman–Crippen MR) is 116 cm³/mol. The van der Waals surface area contributed by atoms with Crippen molar-refractivity contribution >= 4 is 10.9 Å². The minimum atomic E-state index is -1.21. The molecule has 162 valence electrons. The molecule has 0 radical (unpaired) electrons. The quantitative estimate of drug-likeness (QED) is 0.602. The number of benzene rings is 1. The first-order chi connectivity index (χ1) is 14.4. The Labute approximate surface area is 176 Å². The summed E-state index contributed by atoms with van der Waals surface area (Å²) >= 11 is 0. The molecule has 2 heterocycles. The van der Waals surface area contributed by atoms with E-state index in [0.29, 0.717) is 23.0 Å². The van der Waals surface area contributed by atoms with Crippen LogP contribution in [0.15, 0.2) is 60.3 Å². The van der Waals surface area contributed by atoms with Crippen molar-refractivity contribution in [2.45, 2.75) is 57.6 Å². The van der Waals surface area contributed by atoms with Gasteiger partial charge in [0.25, 0.3) is 0 Å². The second-order valence-corrected chi connectivity index (χ2v) is 7.71. The minimum Gasteiger partial charge on any atom is -0.394 e. The zero-order valence-electron chi connectivity index (χ0n) is 17.5. The number of nitrogens with zero attached hydrogens (tertiary/aromatic N) is 1. The fourth-order valence-corrected chi connectivity index (χ4v) is 3.93. The lowest BCUT2D eigenvalue weighted by molar-refractivity contribution is -0.179. The van der Waals surface area contributed by atoms with Crippen LogP contribution in [-0.2, 0) is 11.3 Å². The van der Waals surface area contributed by atoms with Gasteiger partial charge >= 0.3 is 0 Å². The SMILES string of the molecule is C=C(/C=C\C(=C/C)CC)Cn1cc([C@@H]2O[C@H](CO)C[C@H](O)C2O)c2c(F)cccc21. The summed E-state index contributed by atoms with van der Waals surface area (Å²) in [6.45, 7) is 8.34. The summed E-state index contributed by atoms with van der Waals surface area (Å²) in [5.74, 6) is -0.430. The van der Waals surface area contributed by atoms with Gasteiger partial charge in [-0.05, 0) is 31.1 Å². The molecule has 0 saturated carbocycles. The zero-order chi connectivity index (χ0) is 21.8. The first kappa shape index (κ1) is 22.4. The summed E-state index contributed by atoms with van der Waals surface area (Å²) in [4.78, 5) is 0. The average Bonchev–Trinajstić information content (AvgIpc) is 3.10. The molecule has 3 N–H and O–H groups in total. The number of hydrogen-bond donors (Lipinski definition) is 3. The molecule has 1 aromatic carbocycles. The van der Waals surface area contributed by atoms with Crippen molar-refractivity contribution in [2.75, 3.05) is 6.61 Å². The van der Waals surface area contributed by atoms with Crippen molar-refractivity contribution in [3.63, 3.8) is 0 Å². The molecular formula is C24H30FNO4.